The maximum atomic E-state index is 10.2. The summed E-state index contributed by atoms with van der Waals surface area (Å²) in [5.74, 6) is -0.303. The number of carbonyl (C=O) groups excluding carboxylic acids is 1. The van der Waals surface area contributed by atoms with Crippen molar-refractivity contribution in [3.8, 4) is 5.88 Å². The Morgan fingerprint density at radius 3 is 2.89 bits per heavy atom. The molecule has 0 aromatic carbocycles. The predicted molar refractivity (Wildman–Crippen MR) is 27.7 cm³/mol. The average Bonchev–Trinajstić information content (AvgIpc) is 2.13. The fraction of sp³-hybridized carbons (Fsp3) is 0. The molecule has 0 unspecified atom stereocenters. The van der Waals surface area contributed by atoms with Crippen LogP contribution < -0.4 is 5.73 Å². The first-order valence-corrected chi connectivity index (χ1v) is 2.16. The summed E-state index contributed by atoms with van der Waals surface area (Å²) in [5, 5.41) is 12.0. The first-order valence-electron chi connectivity index (χ1n) is 2.16. The summed E-state index contributed by atoms with van der Waals surface area (Å²) in [5.41, 5.74) is 4.74. The van der Waals surface area contributed by atoms with E-state index in [1.807, 2.05) is 0 Å². The third-order valence-corrected chi connectivity index (χ3v) is 0.777. The quantitative estimate of drug-likeness (QED) is 0.483. The van der Waals surface area contributed by atoms with Gasteiger partial charge in [-0.15, -0.1) is 4.68 Å². The van der Waals surface area contributed by atoms with E-state index in [0.717, 1.165) is 6.07 Å². The molecular weight excluding hydrogens is 122 g/mol. The van der Waals surface area contributed by atoms with E-state index in [2.05, 4.69) is 11.3 Å². The third kappa shape index (κ3) is 0.835. The van der Waals surface area contributed by atoms with E-state index < -0.39 is 6.03 Å². The van der Waals surface area contributed by atoms with E-state index in [0.29, 0.717) is 4.68 Å². The van der Waals surface area contributed by atoms with Gasteiger partial charge in [-0.05, 0) is 0 Å². The molecule has 5 nitrogen and oxygen atoms in total. The Kier molecular flexibility index (Phi) is 1.11. The van der Waals surface area contributed by atoms with Crippen molar-refractivity contribution >= 4 is 6.03 Å². The van der Waals surface area contributed by atoms with Crippen LogP contribution in [-0.4, -0.2) is 20.9 Å². The summed E-state index contributed by atoms with van der Waals surface area (Å²) in [7, 11) is 0. The van der Waals surface area contributed by atoms with Crippen LogP contribution >= 0.6 is 0 Å². The number of nitrogens with two attached hydrogens (primary N) is 1. The molecule has 0 fully saturated rings. The van der Waals surface area contributed by atoms with Crippen molar-refractivity contribution < 1.29 is 9.90 Å². The number of hydrogen-bond acceptors (Lipinski definition) is 3. The Morgan fingerprint density at radius 1 is 2.00 bits per heavy atom. The zero-order valence-electron chi connectivity index (χ0n) is 4.40. The molecule has 0 saturated carbocycles. The first kappa shape index (κ1) is 5.61. The molecule has 0 aliphatic heterocycles. The molecule has 0 aliphatic carbocycles. The van der Waals surface area contributed by atoms with Crippen molar-refractivity contribution in [2.24, 2.45) is 5.73 Å². The number of carbonyl (C=O) groups is 1. The number of rotatable bonds is 0. The van der Waals surface area contributed by atoms with Crippen LogP contribution in [0.15, 0.2) is 6.07 Å². The molecule has 1 radical (unpaired) electrons. The minimum Gasteiger partial charge on any atom is -0.493 e. The molecule has 1 amide bonds. The SMILES string of the molecule is NC(=O)n1n[c]cc1O. The van der Waals surface area contributed by atoms with Crippen molar-refractivity contribution in [3.05, 3.63) is 12.3 Å². The predicted octanol–water partition coefficient (Wildman–Crippen LogP) is -0.684. The lowest BCUT2D eigenvalue weighted by atomic mass is 10.7. The van der Waals surface area contributed by atoms with Crippen molar-refractivity contribution in [2.45, 2.75) is 0 Å². The van der Waals surface area contributed by atoms with Crippen LogP contribution in [0.1, 0.15) is 0 Å². The molecule has 0 bridgehead atoms. The first-order chi connectivity index (χ1) is 4.22. The number of hydrogen-bond donors (Lipinski definition) is 2. The summed E-state index contributed by atoms with van der Waals surface area (Å²) in [6, 6.07) is 0.318. The zero-order valence-corrected chi connectivity index (χ0v) is 4.40. The maximum absolute atomic E-state index is 10.2. The summed E-state index contributed by atoms with van der Waals surface area (Å²) in [6.45, 7) is 0. The van der Waals surface area contributed by atoms with Crippen LogP contribution in [0.2, 0.25) is 0 Å². The highest BCUT2D eigenvalue weighted by Crippen LogP contribution is 2.02. The van der Waals surface area contributed by atoms with Gasteiger partial charge in [0.25, 0.3) is 0 Å². The highest BCUT2D eigenvalue weighted by Gasteiger charge is 2.02. The smallest absolute Gasteiger partial charge is 0.342 e. The minimum absolute atomic E-state index is 0.303. The number of nitrogens with zero attached hydrogens (tertiary/aromatic N) is 2. The molecule has 3 N–H and O–H groups in total. The Labute approximate surface area is 50.7 Å². The standard InChI is InChI=1S/C4H4N3O2/c5-4(9)7-3(8)1-2-6-7/h1,8H,(H2,5,9). The van der Waals surface area contributed by atoms with E-state index in [4.69, 9.17) is 10.8 Å². The van der Waals surface area contributed by atoms with Crippen LogP contribution in [0.5, 0.6) is 5.88 Å². The second-order valence-electron chi connectivity index (χ2n) is 1.38. The second-order valence-corrected chi connectivity index (χ2v) is 1.38. The topological polar surface area (TPSA) is 81.1 Å². The van der Waals surface area contributed by atoms with Crippen LogP contribution in [0.25, 0.3) is 0 Å². The van der Waals surface area contributed by atoms with Gasteiger partial charge in [0.15, 0.2) is 0 Å². The number of aromatic nitrogens is 2. The Morgan fingerprint density at radius 2 is 2.67 bits per heavy atom. The minimum atomic E-state index is -0.825. The van der Waals surface area contributed by atoms with Gasteiger partial charge in [0.05, 0.1) is 0 Å². The molecule has 0 saturated heterocycles. The van der Waals surface area contributed by atoms with Gasteiger partial charge in [-0.1, -0.05) is 0 Å². The lowest BCUT2D eigenvalue weighted by Gasteiger charge is -1.91. The van der Waals surface area contributed by atoms with Crippen molar-refractivity contribution in [1.29, 1.82) is 0 Å². The summed E-state index contributed by atoms with van der Waals surface area (Å²) in [6.07, 6.45) is 2.24. The highest BCUT2D eigenvalue weighted by molar-refractivity contribution is 5.74. The number of primary amides is 1. The highest BCUT2D eigenvalue weighted by atomic mass is 16.3. The second kappa shape index (κ2) is 1.77. The molecular formula is C4H4N3O2. The Balaban J connectivity index is 3.08. The molecule has 0 spiro atoms. The summed E-state index contributed by atoms with van der Waals surface area (Å²) < 4.78 is 0.639. The van der Waals surface area contributed by atoms with E-state index in [1.54, 1.807) is 0 Å². The van der Waals surface area contributed by atoms with Gasteiger partial charge < -0.3 is 10.8 Å². The molecule has 1 heterocycles. The maximum Gasteiger partial charge on any atom is 0.342 e. The Hall–Kier alpha value is -1.52. The van der Waals surface area contributed by atoms with E-state index in [-0.39, 0.29) is 5.88 Å². The van der Waals surface area contributed by atoms with Gasteiger partial charge in [-0.25, -0.2) is 4.79 Å². The fourth-order valence-corrected chi connectivity index (χ4v) is 0.419. The molecule has 1 rings (SSSR count). The average molecular weight is 126 g/mol. The largest absolute Gasteiger partial charge is 0.493 e. The summed E-state index contributed by atoms with van der Waals surface area (Å²) >= 11 is 0. The van der Waals surface area contributed by atoms with E-state index >= 15 is 0 Å². The molecule has 9 heavy (non-hydrogen) atoms. The van der Waals surface area contributed by atoms with Gasteiger partial charge >= 0.3 is 6.03 Å². The van der Waals surface area contributed by atoms with E-state index in [1.165, 1.54) is 0 Å². The summed E-state index contributed by atoms with van der Waals surface area (Å²) in [4.78, 5) is 10.2. The number of aromatic hydroxyl groups is 1. The van der Waals surface area contributed by atoms with Crippen molar-refractivity contribution in [1.82, 2.24) is 9.78 Å². The Bertz CT molecular complexity index is 229. The van der Waals surface area contributed by atoms with Gasteiger partial charge in [-0.2, -0.15) is 5.10 Å². The lowest BCUT2D eigenvalue weighted by molar-refractivity contribution is 0.244. The van der Waals surface area contributed by atoms with Crippen LogP contribution in [0.3, 0.4) is 0 Å². The monoisotopic (exact) mass is 126 g/mol. The molecule has 1 aromatic heterocycles. The third-order valence-electron chi connectivity index (χ3n) is 0.777. The van der Waals surface area contributed by atoms with Crippen LogP contribution in [0.4, 0.5) is 4.79 Å². The van der Waals surface area contributed by atoms with Gasteiger partial charge in [0, 0.05) is 6.07 Å². The van der Waals surface area contributed by atoms with Crippen molar-refractivity contribution in [2.75, 3.05) is 0 Å². The van der Waals surface area contributed by atoms with Gasteiger partial charge in [0.2, 0.25) is 5.88 Å². The van der Waals surface area contributed by atoms with Crippen molar-refractivity contribution in [3.63, 3.8) is 0 Å². The molecule has 0 aliphatic rings. The van der Waals surface area contributed by atoms with Gasteiger partial charge in [-0.3, -0.25) is 0 Å². The van der Waals surface area contributed by atoms with Crippen LogP contribution in [0, 0.1) is 6.20 Å². The van der Waals surface area contributed by atoms with Crippen LogP contribution in [-0.2, 0) is 0 Å². The lowest BCUT2D eigenvalue weighted by Crippen LogP contribution is -2.19. The van der Waals surface area contributed by atoms with E-state index in [9.17, 15) is 4.79 Å². The normalized spacial score (nSPS) is 9.33. The van der Waals surface area contributed by atoms with Gasteiger partial charge in [0.1, 0.15) is 6.20 Å². The molecule has 5 heteroatoms. The number of amides is 1. The molecule has 0 atom stereocenters. The molecule has 1 aromatic rings. The fourth-order valence-electron chi connectivity index (χ4n) is 0.419. The zero-order chi connectivity index (χ0) is 6.85. The molecule has 47 valence electrons.